The fourth-order valence-corrected chi connectivity index (χ4v) is 3.42. The molecule has 2 aliphatic heterocycles. The molecule has 1 aromatic heterocycles. The first-order valence-electron chi connectivity index (χ1n) is 5.69. The van der Waals surface area contributed by atoms with Gasteiger partial charge in [0, 0.05) is 12.3 Å². The van der Waals surface area contributed by atoms with E-state index in [0.717, 1.165) is 10.6 Å². The Balaban J connectivity index is 2.00. The Morgan fingerprint density at radius 3 is 2.70 bits per heavy atom. The van der Waals surface area contributed by atoms with E-state index in [9.17, 15) is 24.2 Å². The van der Waals surface area contributed by atoms with Gasteiger partial charge in [-0.1, -0.05) is 0 Å². The van der Waals surface area contributed by atoms with E-state index < -0.39 is 50.2 Å². The van der Waals surface area contributed by atoms with E-state index in [4.69, 9.17) is 13.8 Å². The first-order valence-corrected chi connectivity index (χ1v) is 7.18. The molecular formula is C9H11N2O8P. The second-order valence-corrected chi connectivity index (χ2v) is 5.73. The second kappa shape index (κ2) is 4.62. The number of aromatic nitrogens is 2. The van der Waals surface area contributed by atoms with Gasteiger partial charge in [0.25, 0.3) is 5.56 Å². The van der Waals surface area contributed by atoms with Crippen molar-refractivity contribution in [2.24, 2.45) is 0 Å². The summed E-state index contributed by atoms with van der Waals surface area (Å²) < 4.78 is 27.5. The molecule has 0 saturated carbocycles. The molecule has 2 aliphatic rings. The molecule has 0 radical (unpaired) electrons. The minimum absolute atomic E-state index is 0.473. The first kappa shape index (κ1) is 13.7. The molecule has 20 heavy (non-hydrogen) atoms. The molecule has 2 saturated heterocycles. The minimum atomic E-state index is -4.23. The van der Waals surface area contributed by atoms with Crippen LogP contribution in [0.15, 0.2) is 21.9 Å². The lowest BCUT2D eigenvalue weighted by Gasteiger charge is -2.18. The lowest BCUT2D eigenvalue weighted by molar-refractivity contribution is -0.0624. The van der Waals surface area contributed by atoms with E-state index in [2.05, 4.69) is 0 Å². The molecule has 1 unspecified atom stereocenters. The number of ether oxygens (including phenoxy) is 1. The Hall–Kier alpha value is -1.29. The molecular weight excluding hydrogens is 295 g/mol. The van der Waals surface area contributed by atoms with Crippen molar-refractivity contribution in [3.8, 4) is 0 Å². The van der Waals surface area contributed by atoms with Crippen LogP contribution in [0.5, 0.6) is 0 Å². The summed E-state index contributed by atoms with van der Waals surface area (Å²) in [6.45, 7) is -0.473. The van der Waals surface area contributed by atoms with E-state index in [0.29, 0.717) is 0 Å². The van der Waals surface area contributed by atoms with Crippen molar-refractivity contribution in [2.45, 2.75) is 24.5 Å². The van der Waals surface area contributed by atoms with Gasteiger partial charge in [-0.3, -0.25) is 23.4 Å². The van der Waals surface area contributed by atoms with Crippen LogP contribution in [0, 0.1) is 0 Å². The number of phosphoric ester groups is 1. The summed E-state index contributed by atoms with van der Waals surface area (Å²) >= 11 is 0. The highest BCUT2D eigenvalue weighted by atomic mass is 31.2. The Labute approximate surface area is 111 Å². The maximum Gasteiger partial charge on any atom is 0.473 e. The molecule has 11 heteroatoms. The maximum atomic E-state index is 11.7. The van der Waals surface area contributed by atoms with Gasteiger partial charge in [0.15, 0.2) is 6.23 Å². The quantitative estimate of drug-likeness (QED) is 0.550. The van der Waals surface area contributed by atoms with Crippen LogP contribution in [0.25, 0.3) is 0 Å². The lowest BCUT2D eigenvalue weighted by Crippen LogP contribution is -2.36. The molecule has 1 aromatic rings. The van der Waals surface area contributed by atoms with Crippen molar-refractivity contribution in [2.75, 3.05) is 6.61 Å². The van der Waals surface area contributed by atoms with Crippen molar-refractivity contribution in [3.05, 3.63) is 33.1 Å². The molecule has 2 fully saturated rings. The van der Waals surface area contributed by atoms with Gasteiger partial charge in [-0.2, -0.15) is 0 Å². The van der Waals surface area contributed by atoms with E-state index in [1.807, 2.05) is 4.98 Å². The van der Waals surface area contributed by atoms with Gasteiger partial charge in [-0.15, -0.1) is 0 Å². The number of aromatic amines is 1. The third-order valence-electron chi connectivity index (χ3n) is 3.10. The number of fused-ring (bicyclic) bond motifs is 1. The molecule has 110 valence electrons. The molecule has 10 nitrogen and oxygen atoms in total. The van der Waals surface area contributed by atoms with Crippen LogP contribution in [0.1, 0.15) is 6.23 Å². The zero-order valence-electron chi connectivity index (χ0n) is 9.91. The first-order chi connectivity index (χ1) is 9.41. The predicted molar refractivity (Wildman–Crippen MR) is 61.9 cm³/mol. The van der Waals surface area contributed by atoms with Crippen molar-refractivity contribution in [3.63, 3.8) is 0 Å². The predicted octanol–water partition coefficient (Wildman–Crippen LogP) is -1.69. The second-order valence-electron chi connectivity index (χ2n) is 4.37. The van der Waals surface area contributed by atoms with Crippen LogP contribution in [-0.2, 0) is 18.3 Å². The fourth-order valence-electron chi connectivity index (χ4n) is 2.28. The van der Waals surface area contributed by atoms with Crippen LogP contribution in [0.3, 0.4) is 0 Å². The van der Waals surface area contributed by atoms with Gasteiger partial charge in [0.1, 0.15) is 18.3 Å². The molecule has 0 bridgehead atoms. The van der Waals surface area contributed by atoms with Gasteiger partial charge in [0.05, 0.1) is 6.61 Å². The number of nitrogens with one attached hydrogen (secondary N) is 1. The molecule has 3 heterocycles. The maximum absolute atomic E-state index is 11.7. The normalized spacial score (nSPS) is 39.9. The van der Waals surface area contributed by atoms with Gasteiger partial charge < -0.3 is 14.7 Å². The highest BCUT2D eigenvalue weighted by Gasteiger charge is 2.57. The zero-order chi connectivity index (χ0) is 14.5. The van der Waals surface area contributed by atoms with E-state index >= 15 is 0 Å². The minimum Gasteiger partial charge on any atom is -0.394 e. The molecule has 3 N–H and O–H groups in total. The Morgan fingerprint density at radius 1 is 1.35 bits per heavy atom. The highest BCUT2D eigenvalue weighted by Crippen LogP contribution is 2.58. The number of rotatable bonds is 2. The number of phosphoric acid groups is 1. The molecule has 0 spiro atoms. The largest absolute Gasteiger partial charge is 0.473 e. The van der Waals surface area contributed by atoms with Gasteiger partial charge >= 0.3 is 13.5 Å². The van der Waals surface area contributed by atoms with Crippen molar-refractivity contribution >= 4 is 7.82 Å². The van der Waals surface area contributed by atoms with E-state index in [1.54, 1.807) is 0 Å². The van der Waals surface area contributed by atoms with Gasteiger partial charge in [-0.05, 0) is 0 Å². The molecule has 0 aromatic carbocycles. The number of hydrogen-bond donors (Lipinski definition) is 3. The van der Waals surface area contributed by atoms with Crippen LogP contribution in [-0.4, -0.2) is 44.5 Å². The average molecular weight is 306 g/mol. The smallest absolute Gasteiger partial charge is 0.394 e. The zero-order valence-corrected chi connectivity index (χ0v) is 10.8. The van der Waals surface area contributed by atoms with Crippen molar-refractivity contribution in [1.82, 2.24) is 9.55 Å². The standard InChI is InChI=1S/C9H11N2O8P/c12-3-4-6-7(19-20(15,16)18-6)8(17-4)11-2-1-5(13)10-9(11)14/h1-2,4,6-8,12H,3H2,(H,15,16)(H,10,13,14)/t4-,6+,7+,8-/m0/s1. The Bertz CT molecular complexity index is 683. The molecule has 0 amide bonds. The fraction of sp³-hybridized carbons (Fsp3) is 0.556. The number of hydrogen-bond acceptors (Lipinski definition) is 7. The molecule has 0 aliphatic carbocycles. The summed E-state index contributed by atoms with van der Waals surface area (Å²) in [5, 5.41) is 9.18. The monoisotopic (exact) mass is 306 g/mol. The Morgan fingerprint density at radius 2 is 2.05 bits per heavy atom. The Kier molecular flexibility index (Phi) is 3.16. The summed E-state index contributed by atoms with van der Waals surface area (Å²) in [7, 11) is -4.23. The van der Waals surface area contributed by atoms with Crippen molar-refractivity contribution in [1.29, 1.82) is 0 Å². The lowest BCUT2D eigenvalue weighted by atomic mass is 10.1. The van der Waals surface area contributed by atoms with Crippen LogP contribution < -0.4 is 11.2 Å². The summed E-state index contributed by atoms with van der Waals surface area (Å²) in [5.74, 6) is 0. The van der Waals surface area contributed by atoms with E-state index in [-0.39, 0.29) is 0 Å². The third-order valence-corrected chi connectivity index (χ3v) is 4.12. The topological polar surface area (TPSA) is 140 Å². The summed E-state index contributed by atoms with van der Waals surface area (Å²) in [5.41, 5.74) is -1.35. The summed E-state index contributed by atoms with van der Waals surface area (Å²) in [6.07, 6.45) is -2.82. The van der Waals surface area contributed by atoms with Gasteiger partial charge in [-0.25, -0.2) is 9.36 Å². The van der Waals surface area contributed by atoms with Crippen LogP contribution in [0.4, 0.5) is 0 Å². The molecule has 3 rings (SSSR count). The SMILES string of the molecule is O=c1ccn([C@H]2O[C@@H](CO)[C@H]3OP(=O)(O)O[C@H]32)c(=O)[nH]1. The van der Waals surface area contributed by atoms with E-state index in [1.165, 1.54) is 6.20 Å². The number of aliphatic hydroxyl groups is 1. The molecule has 5 atom stereocenters. The number of aliphatic hydroxyl groups excluding tert-OH is 1. The summed E-state index contributed by atoms with van der Waals surface area (Å²) in [6, 6.07) is 1.10. The number of nitrogens with zero attached hydrogens (tertiary/aromatic N) is 1. The highest BCUT2D eigenvalue weighted by molar-refractivity contribution is 7.47. The van der Waals surface area contributed by atoms with Crippen LogP contribution in [0.2, 0.25) is 0 Å². The average Bonchev–Trinajstić information content (AvgIpc) is 2.83. The van der Waals surface area contributed by atoms with Crippen molar-refractivity contribution < 1.29 is 28.3 Å². The third kappa shape index (κ3) is 2.16. The van der Waals surface area contributed by atoms with Crippen LogP contribution >= 0.6 is 7.82 Å². The number of H-pyrrole nitrogens is 1. The van der Waals surface area contributed by atoms with Gasteiger partial charge in [0.2, 0.25) is 0 Å². The summed E-state index contributed by atoms with van der Waals surface area (Å²) in [4.78, 5) is 34.1.